The predicted octanol–water partition coefficient (Wildman–Crippen LogP) is 1.56. The molecule has 3 aromatic rings. The van der Waals surface area contributed by atoms with Gasteiger partial charge in [-0.2, -0.15) is 0 Å². The normalized spacial score (nSPS) is 16.8. The molecule has 0 bridgehead atoms. The number of nitrogens with zero attached hydrogens (tertiary/aromatic N) is 6. The molecule has 33 heavy (non-hydrogen) atoms. The largest absolute Gasteiger partial charge is 0.593 e. The van der Waals surface area contributed by atoms with E-state index in [4.69, 9.17) is 4.52 Å². The van der Waals surface area contributed by atoms with Gasteiger partial charge in [-0.25, -0.2) is 9.97 Å². The molecule has 1 atom stereocenters. The van der Waals surface area contributed by atoms with Crippen LogP contribution in [0.2, 0.25) is 0 Å². The van der Waals surface area contributed by atoms with Crippen LogP contribution in [0.15, 0.2) is 32.5 Å². The van der Waals surface area contributed by atoms with Gasteiger partial charge in [0, 0.05) is 32.8 Å². The lowest BCUT2D eigenvalue weighted by Crippen LogP contribution is -2.53. The van der Waals surface area contributed by atoms with E-state index in [1.165, 1.54) is 13.8 Å². The van der Waals surface area contributed by atoms with Crippen LogP contribution in [-0.2, 0) is 21.2 Å². The minimum atomic E-state index is -3.80. The first kappa shape index (κ1) is 23.2. The third-order valence-electron chi connectivity index (χ3n) is 5.73. The lowest BCUT2D eigenvalue weighted by Gasteiger charge is -2.35. The number of pyridine rings is 1. The molecule has 12 heteroatoms. The van der Waals surface area contributed by atoms with Crippen LogP contribution in [0.1, 0.15) is 41.7 Å². The second-order valence-electron chi connectivity index (χ2n) is 7.97. The summed E-state index contributed by atoms with van der Waals surface area (Å²) < 4.78 is 33.9. The first-order valence-electron chi connectivity index (χ1n) is 10.8. The van der Waals surface area contributed by atoms with Crippen LogP contribution < -0.4 is 5.56 Å². The molecule has 4 rings (SSSR count). The van der Waals surface area contributed by atoms with Crippen LogP contribution in [0.4, 0.5) is 0 Å². The van der Waals surface area contributed by atoms with Crippen LogP contribution in [0.5, 0.6) is 0 Å². The summed E-state index contributed by atoms with van der Waals surface area (Å²) in [4.78, 5) is 36.4. The van der Waals surface area contributed by atoms with E-state index in [1.54, 1.807) is 32.2 Å². The fraction of sp³-hybridized carbons (Fsp3) is 0.476. The van der Waals surface area contributed by atoms with E-state index in [9.17, 15) is 18.4 Å². The van der Waals surface area contributed by atoms with Crippen molar-refractivity contribution in [2.24, 2.45) is 0 Å². The Kier molecular flexibility index (Phi) is 6.41. The molecule has 1 amide bonds. The fourth-order valence-electron chi connectivity index (χ4n) is 3.99. The molecule has 3 aromatic heterocycles. The van der Waals surface area contributed by atoms with Gasteiger partial charge in [0.25, 0.3) is 11.5 Å². The number of sulfonamides is 1. The van der Waals surface area contributed by atoms with Crippen molar-refractivity contribution in [3.63, 3.8) is 0 Å². The van der Waals surface area contributed by atoms with Crippen molar-refractivity contribution in [2.45, 2.75) is 45.1 Å². The average Bonchev–Trinajstić information content (AvgIpc) is 3.16. The molecule has 176 valence electrons. The number of fused-ring (bicyclic) bond motifs is 1. The summed E-state index contributed by atoms with van der Waals surface area (Å²) in [6, 6.07) is 3.42. The van der Waals surface area contributed by atoms with Gasteiger partial charge in [-0.15, -0.1) is 4.31 Å². The van der Waals surface area contributed by atoms with E-state index in [1.807, 2.05) is 6.92 Å². The number of hydrogen-bond donors (Lipinski definition) is 0. The molecule has 1 aliphatic rings. The number of aryl methyl sites for hydroxylation is 3. The maximum Gasteiger partial charge on any atom is 0.283 e. The smallest absolute Gasteiger partial charge is 0.283 e. The van der Waals surface area contributed by atoms with Crippen molar-refractivity contribution in [1.82, 2.24) is 28.9 Å². The van der Waals surface area contributed by atoms with Crippen molar-refractivity contribution in [3.05, 3.63) is 45.8 Å². The van der Waals surface area contributed by atoms with Gasteiger partial charge in [0.2, 0.25) is 4.90 Å². The summed E-state index contributed by atoms with van der Waals surface area (Å²) in [5.41, 5.74) is 0.561. The first-order valence-corrected chi connectivity index (χ1v) is 12.3. The highest BCUT2D eigenvalue weighted by Gasteiger charge is 2.39. The topological polar surface area (TPSA) is 137 Å². The third-order valence-corrected chi connectivity index (χ3v) is 7.87. The van der Waals surface area contributed by atoms with Crippen molar-refractivity contribution < 1.29 is 18.1 Å². The second-order valence-corrected chi connectivity index (χ2v) is 9.84. The van der Waals surface area contributed by atoms with Gasteiger partial charge in [-0.1, -0.05) is 22.7 Å². The molecule has 11 nitrogen and oxygen atoms in total. The summed E-state index contributed by atoms with van der Waals surface area (Å²) in [5.74, 6) is -0.280. The molecule has 0 spiro atoms. The van der Waals surface area contributed by atoms with Crippen LogP contribution >= 0.6 is 0 Å². The Labute approximate surface area is 191 Å². The molecule has 4 heterocycles. The van der Waals surface area contributed by atoms with Crippen LogP contribution in [0.25, 0.3) is 11.2 Å². The van der Waals surface area contributed by atoms with E-state index in [2.05, 4.69) is 15.1 Å². The molecular weight excluding hydrogens is 448 g/mol. The van der Waals surface area contributed by atoms with Gasteiger partial charge in [0.15, 0.2) is 27.5 Å². The SMILES string of the molecule is CCCCn1c(=O)c(C(=O)N2CCN([S+](=O)([O-])c3c(C)noc3C)CC2)nc2cccnc21. The molecule has 0 aliphatic carbocycles. The lowest BCUT2D eigenvalue weighted by molar-refractivity contribution is 0.0684. The summed E-state index contributed by atoms with van der Waals surface area (Å²) in [6.07, 6.45) is 3.24. The minimum absolute atomic E-state index is 0.0600. The first-order chi connectivity index (χ1) is 15.8. The Morgan fingerprint density at radius 2 is 1.97 bits per heavy atom. The van der Waals surface area contributed by atoms with E-state index >= 15 is 0 Å². The van der Waals surface area contributed by atoms with Gasteiger partial charge in [-0.05, 0) is 25.5 Å². The van der Waals surface area contributed by atoms with E-state index in [-0.39, 0.29) is 42.5 Å². The van der Waals surface area contributed by atoms with Gasteiger partial charge in [0.1, 0.15) is 11.2 Å². The summed E-state index contributed by atoms with van der Waals surface area (Å²) in [6.45, 7) is 6.06. The molecule has 0 N–H and O–H groups in total. The fourth-order valence-corrected chi connectivity index (χ4v) is 5.71. The standard InChI is InChI=1S/C21H26N6O5S/c1-4-5-9-27-19-16(7-6-8-22-19)23-17(21(27)29)20(28)25-10-12-26(13-11-25)33(30,31)18-14(2)24-32-15(18)3/h6-8H,4-5,9-13H2,1-3H3. The number of aromatic nitrogens is 4. The van der Waals surface area contributed by atoms with Crippen LogP contribution in [0, 0.1) is 13.8 Å². The molecule has 1 unspecified atom stereocenters. The third kappa shape index (κ3) is 4.21. The maximum atomic E-state index is 13.2. The van der Waals surface area contributed by atoms with Crippen molar-refractivity contribution in [2.75, 3.05) is 26.2 Å². The Bertz CT molecular complexity index is 1270. The molecule has 1 aliphatic heterocycles. The number of piperazine rings is 1. The highest BCUT2D eigenvalue weighted by Crippen LogP contribution is 2.28. The van der Waals surface area contributed by atoms with Gasteiger partial charge in [0.05, 0.1) is 13.1 Å². The van der Waals surface area contributed by atoms with Crippen molar-refractivity contribution >= 4 is 27.5 Å². The predicted molar refractivity (Wildman–Crippen MR) is 119 cm³/mol. The summed E-state index contributed by atoms with van der Waals surface area (Å²) in [7, 11) is -3.80. The Balaban J connectivity index is 1.58. The molecular formula is C21H26N6O5S. The zero-order valence-electron chi connectivity index (χ0n) is 18.8. The molecule has 0 radical (unpaired) electrons. The van der Waals surface area contributed by atoms with E-state index in [0.29, 0.717) is 23.4 Å². The zero-order valence-corrected chi connectivity index (χ0v) is 19.6. The zero-order chi connectivity index (χ0) is 23.8. The number of carbonyl (C=O) groups excluding carboxylic acids is 1. The summed E-state index contributed by atoms with van der Waals surface area (Å²) in [5, 5.41) is 3.73. The van der Waals surface area contributed by atoms with Crippen LogP contribution in [-0.4, -0.2) is 65.5 Å². The highest BCUT2D eigenvalue weighted by molar-refractivity contribution is 7.95. The lowest BCUT2D eigenvalue weighted by atomic mass is 10.2. The number of amides is 1. The summed E-state index contributed by atoms with van der Waals surface area (Å²) >= 11 is 0. The Hall–Kier alpha value is -2.96. The van der Waals surface area contributed by atoms with E-state index in [0.717, 1.165) is 12.8 Å². The number of hydrogen-bond acceptors (Lipinski definition) is 8. The number of unbranched alkanes of at least 4 members (excludes halogenated alkanes) is 1. The van der Waals surface area contributed by atoms with Gasteiger partial charge in [-0.3, -0.25) is 14.2 Å². The molecule has 1 saturated heterocycles. The molecule has 0 aromatic carbocycles. The highest BCUT2D eigenvalue weighted by atomic mass is 32.3. The van der Waals surface area contributed by atoms with Gasteiger partial charge >= 0.3 is 0 Å². The Morgan fingerprint density at radius 1 is 1.24 bits per heavy atom. The van der Waals surface area contributed by atoms with Crippen molar-refractivity contribution in [3.8, 4) is 0 Å². The monoisotopic (exact) mass is 474 g/mol. The van der Waals surface area contributed by atoms with Crippen molar-refractivity contribution in [1.29, 1.82) is 0 Å². The minimum Gasteiger partial charge on any atom is -0.593 e. The quantitative estimate of drug-likeness (QED) is 0.491. The maximum absolute atomic E-state index is 13.2. The molecule has 0 saturated carbocycles. The second kappa shape index (κ2) is 9.12. The molecule has 1 fully saturated rings. The van der Waals surface area contributed by atoms with E-state index < -0.39 is 21.9 Å². The Morgan fingerprint density at radius 3 is 2.61 bits per heavy atom. The van der Waals surface area contributed by atoms with Gasteiger partial charge < -0.3 is 14.0 Å². The average molecular weight is 475 g/mol. The number of carbonyl (C=O) groups is 1. The number of rotatable bonds is 6. The van der Waals surface area contributed by atoms with Crippen LogP contribution in [0.3, 0.4) is 0 Å².